The molecule has 0 bridgehead atoms. The van der Waals surface area contributed by atoms with E-state index in [1.807, 2.05) is 45.0 Å². The topological polar surface area (TPSA) is 70.1 Å². The van der Waals surface area contributed by atoms with Crippen LogP contribution in [0.15, 0.2) is 65.1 Å². The van der Waals surface area contributed by atoms with Gasteiger partial charge in [0.2, 0.25) is 0 Å². The van der Waals surface area contributed by atoms with Crippen LogP contribution in [0.4, 0.5) is 10.1 Å². The maximum absolute atomic E-state index is 15.0. The third kappa shape index (κ3) is 3.51. The summed E-state index contributed by atoms with van der Waals surface area (Å²) in [5, 5.41) is 10.2. The molecule has 4 rings (SSSR count). The quantitative estimate of drug-likeness (QED) is 0.654. The van der Waals surface area contributed by atoms with Crippen molar-refractivity contribution in [2.45, 2.75) is 39.5 Å². The Morgan fingerprint density at radius 2 is 1.87 bits per heavy atom. The minimum atomic E-state index is -0.931. The van der Waals surface area contributed by atoms with Crippen LogP contribution in [0.1, 0.15) is 43.7 Å². The molecular formula is C25H23ClFN3O. The highest BCUT2D eigenvalue weighted by atomic mass is 35.5. The van der Waals surface area contributed by atoms with E-state index in [0.717, 1.165) is 11.3 Å². The summed E-state index contributed by atoms with van der Waals surface area (Å²) in [7, 11) is 0. The highest BCUT2D eigenvalue weighted by molar-refractivity contribution is 6.31. The molecular weight excluding hydrogens is 413 g/mol. The second-order valence-electron chi connectivity index (χ2n) is 8.95. The predicted octanol–water partition coefficient (Wildman–Crippen LogP) is 5.73. The summed E-state index contributed by atoms with van der Waals surface area (Å²) in [5.41, 5.74) is 9.42. The van der Waals surface area contributed by atoms with Gasteiger partial charge in [-0.15, -0.1) is 0 Å². The van der Waals surface area contributed by atoms with Crippen LogP contribution < -0.4 is 10.6 Å². The highest BCUT2D eigenvalue weighted by Gasteiger charge is 2.45. The molecule has 0 aromatic heterocycles. The zero-order valence-electron chi connectivity index (χ0n) is 17.7. The molecule has 1 aliphatic carbocycles. The third-order valence-electron chi connectivity index (χ3n) is 5.96. The zero-order chi connectivity index (χ0) is 22.5. The average molecular weight is 436 g/mol. The Morgan fingerprint density at radius 3 is 2.48 bits per heavy atom. The maximum Gasteiger partial charge on any atom is 0.162 e. The number of benzene rings is 2. The number of halogens is 2. The number of allylic oxidation sites excluding steroid dienone is 3. The molecule has 0 unspecified atom stereocenters. The number of aryl methyl sites for hydroxylation is 1. The molecule has 1 atom stereocenters. The monoisotopic (exact) mass is 435 g/mol. The number of ketones is 1. The van der Waals surface area contributed by atoms with E-state index in [9.17, 15) is 14.4 Å². The Bertz CT molecular complexity index is 1170. The molecule has 0 saturated heterocycles. The third-order valence-corrected chi connectivity index (χ3v) is 6.29. The van der Waals surface area contributed by atoms with Crippen LogP contribution in [0.25, 0.3) is 0 Å². The number of hydrogen-bond acceptors (Lipinski definition) is 4. The standard InChI is InChI=1S/C25H23ClFN3O/c1-14-7-9-15(10-8-14)30-19-11-25(2,3)12-20(31)23(19)21(16(13-28)24(30)29)22-17(26)5-4-6-18(22)27/h4-10,21H,11-12,29H2,1-3H3/t21-/m1/s1. The van der Waals surface area contributed by atoms with Gasteiger partial charge >= 0.3 is 0 Å². The summed E-state index contributed by atoms with van der Waals surface area (Å²) in [6.07, 6.45) is 0.860. The fraction of sp³-hybridized carbons (Fsp3) is 0.280. The lowest BCUT2D eigenvalue weighted by atomic mass is 9.68. The number of carbonyl (C=O) groups is 1. The molecule has 158 valence electrons. The number of Topliss-reactive ketones (excluding diaryl/α,β-unsaturated/α-hetero) is 1. The van der Waals surface area contributed by atoms with Crippen molar-refractivity contribution in [3.63, 3.8) is 0 Å². The van der Waals surface area contributed by atoms with Crippen LogP contribution in [-0.2, 0) is 4.79 Å². The SMILES string of the molecule is Cc1ccc(N2C(N)=C(C#N)[C@H](c3c(F)cccc3Cl)C3=C2CC(C)(C)CC3=O)cc1. The second kappa shape index (κ2) is 7.55. The van der Waals surface area contributed by atoms with Crippen LogP contribution in [0.3, 0.4) is 0 Å². The van der Waals surface area contributed by atoms with Crippen LogP contribution in [0.5, 0.6) is 0 Å². The number of nitrogens with two attached hydrogens (primary N) is 1. The van der Waals surface area contributed by atoms with E-state index >= 15 is 0 Å². The Balaban J connectivity index is 2.04. The van der Waals surface area contributed by atoms with E-state index < -0.39 is 11.7 Å². The molecule has 2 N–H and O–H groups in total. The van der Waals surface area contributed by atoms with Crippen molar-refractivity contribution in [1.29, 1.82) is 5.26 Å². The molecule has 0 saturated carbocycles. The number of carbonyl (C=O) groups excluding carboxylic acids is 1. The van der Waals surface area contributed by atoms with Crippen LogP contribution in [0.2, 0.25) is 5.02 Å². The lowest BCUT2D eigenvalue weighted by Gasteiger charge is -2.44. The molecule has 0 fully saturated rings. The summed E-state index contributed by atoms with van der Waals surface area (Å²) in [4.78, 5) is 15.2. The first kappa shape index (κ1) is 21.1. The van der Waals surface area contributed by atoms with Crippen molar-refractivity contribution < 1.29 is 9.18 Å². The molecule has 0 radical (unpaired) electrons. The van der Waals surface area contributed by atoms with Gasteiger partial charge in [-0.3, -0.25) is 9.69 Å². The smallest absolute Gasteiger partial charge is 0.162 e. The molecule has 1 heterocycles. The largest absolute Gasteiger partial charge is 0.384 e. The number of nitrogens with zero attached hydrogens (tertiary/aromatic N) is 2. The summed E-state index contributed by atoms with van der Waals surface area (Å²) >= 11 is 6.38. The normalized spacial score (nSPS) is 20.6. The number of rotatable bonds is 2. The van der Waals surface area contributed by atoms with Crippen LogP contribution in [0, 0.1) is 29.5 Å². The van der Waals surface area contributed by atoms with Gasteiger partial charge in [0.25, 0.3) is 0 Å². The molecule has 6 heteroatoms. The lowest BCUT2D eigenvalue weighted by molar-refractivity contribution is -0.118. The number of anilines is 1. The first-order valence-corrected chi connectivity index (χ1v) is 10.5. The maximum atomic E-state index is 15.0. The first-order valence-electron chi connectivity index (χ1n) is 10.1. The Hall–Kier alpha value is -3.10. The van der Waals surface area contributed by atoms with Crippen molar-refractivity contribution in [3.8, 4) is 6.07 Å². The second-order valence-corrected chi connectivity index (χ2v) is 9.36. The van der Waals surface area contributed by atoms with E-state index in [0.29, 0.717) is 24.1 Å². The van der Waals surface area contributed by atoms with E-state index in [4.69, 9.17) is 17.3 Å². The van der Waals surface area contributed by atoms with Gasteiger partial charge in [0.15, 0.2) is 5.78 Å². The van der Waals surface area contributed by atoms with Gasteiger partial charge < -0.3 is 5.73 Å². The van der Waals surface area contributed by atoms with E-state index in [1.54, 1.807) is 11.0 Å². The Kier molecular flexibility index (Phi) is 5.15. The van der Waals surface area contributed by atoms with Gasteiger partial charge in [-0.2, -0.15) is 5.26 Å². The Labute approximate surface area is 186 Å². The number of nitriles is 1. The Morgan fingerprint density at radius 1 is 1.19 bits per heavy atom. The number of hydrogen-bond donors (Lipinski definition) is 1. The van der Waals surface area contributed by atoms with Crippen molar-refractivity contribution in [1.82, 2.24) is 0 Å². The van der Waals surface area contributed by atoms with Gasteiger partial charge in [0.05, 0.1) is 17.6 Å². The molecule has 31 heavy (non-hydrogen) atoms. The molecule has 2 aromatic carbocycles. The predicted molar refractivity (Wildman–Crippen MR) is 120 cm³/mol. The van der Waals surface area contributed by atoms with Gasteiger partial charge in [0, 0.05) is 34.0 Å². The van der Waals surface area contributed by atoms with Crippen LogP contribution >= 0.6 is 11.6 Å². The highest BCUT2D eigenvalue weighted by Crippen LogP contribution is 2.51. The lowest BCUT2D eigenvalue weighted by Crippen LogP contribution is -2.42. The fourth-order valence-corrected chi connectivity index (χ4v) is 4.84. The first-order chi connectivity index (χ1) is 14.6. The molecule has 2 aliphatic rings. The summed E-state index contributed by atoms with van der Waals surface area (Å²) in [5.74, 6) is -1.42. The molecule has 4 nitrogen and oxygen atoms in total. The van der Waals surface area contributed by atoms with Crippen molar-refractivity contribution in [2.75, 3.05) is 4.90 Å². The molecule has 0 amide bonds. The molecule has 1 aliphatic heterocycles. The van der Waals surface area contributed by atoms with E-state index in [-0.39, 0.29) is 33.2 Å². The van der Waals surface area contributed by atoms with Gasteiger partial charge in [-0.1, -0.05) is 49.2 Å². The summed E-state index contributed by atoms with van der Waals surface area (Å²) in [6.45, 7) is 6.02. The van der Waals surface area contributed by atoms with Crippen molar-refractivity contribution >= 4 is 23.1 Å². The molecule has 0 spiro atoms. The minimum Gasteiger partial charge on any atom is -0.384 e. The van der Waals surface area contributed by atoms with Crippen LogP contribution in [-0.4, -0.2) is 5.78 Å². The van der Waals surface area contributed by atoms with Crippen molar-refractivity contribution in [3.05, 3.63) is 87.1 Å². The minimum absolute atomic E-state index is 0.118. The average Bonchev–Trinajstić information content (AvgIpc) is 2.68. The summed E-state index contributed by atoms with van der Waals surface area (Å²) < 4.78 is 15.0. The van der Waals surface area contributed by atoms with Gasteiger partial charge in [-0.05, 0) is 43.0 Å². The zero-order valence-corrected chi connectivity index (χ0v) is 18.4. The fourth-order valence-electron chi connectivity index (χ4n) is 4.57. The van der Waals surface area contributed by atoms with Gasteiger partial charge in [0.1, 0.15) is 11.6 Å². The van der Waals surface area contributed by atoms with E-state index in [1.165, 1.54) is 12.1 Å². The van der Waals surface area contributed by atoms with E-state index in [2.05, 4.69) is 6.07 Å². The van der Waals surface area contributed by atoms with Gasteiger partial charge in [-0.25, -0.2) is 4.39 Å². The van der Waals surface area contributed by atoms with Crippen molar-refractivity contribution in [2.24, 2.45) is 11.1 Å². The summed E-state index contributed by atoms with van der Waals surface area (Å²) in [6, 6.07) is 14.2. The molecule has 2 aromatic rings.